The Hall–Kier alpha value is -1.62. The molecule has 0 unspecified atom stereocenters. The molecule has 2 rings (SSSR count). The summed E-state index contributed by atoms with van der Waals surface area (Å²) in [4.78, 5) is 0. The quantitative estimate of drug-likeness (QED) is 0.843. The predicted molar refractivity (Wildman–Crippen MR) is 66.7 cm³/mol. The van der Waals surface area contributed by atoms with Crippen LogP contribution < -0.4 is 5.32 Å². The van der Waals surface area contributed by atoms with Crippen LogP contribution in [0, 0.1) is 6.92 Å². The third-order valence-corrected chi connectivity index (χ3v) is 2.92. The first kappa shape index (κ1) is 11.9. The van der Waals surface area contributed by atoms with Gasteiger partial charge in [-0.05, 0) is 20.9 Å². The van der Waals surface area contributed by atoms with Crippen LogP contribution in [0.3, 0.4) is 0 Å². The Kier molecular flexibility index (Phi) is 3.58. The summed E-state index contributed by atoms with van der Waals surface area (Å²) in [5.41, 5.74) is 3.65. The third-order valence-electron chi connectivity index (χ3n) is 2.92. The Morgan fingerprint density at radius 2 is 2.12 bits per heavy atom. The topological polar surface area (TPSA) is 47.7 Å². The van der Waals surface area contributed by atoms with Crippen LogP contribution in [0.4, 0.5) is 0 Å². The summed E-state index contributed by atoms with van der Waals surface area (Å²) in [5, 5.41) is 11.8. The van der Waals surface area contributed by atoms with Gasteiger partial charge in [0.05, 0.1) is 18.9 Å². The van der Waals surface area contributed by atoms with E-state index in [0.29, 0.717) is 0 Å². The molecule has 2 heterocycles. The molecule has 17 heavy (non-hydrogen) atoms. The van der Waals surface area contributed by atoms with Crippen molar-refractivity contribution in [3.8, 4) is 0 Å². The SMILES string of the molecule is CCn1cc(Cn2ncc(CNC)c2C)cn1. The molecule has 0 atom stereocenters. The molecule has 0 spiro atoms. The lowest BCUT2D eigenvalue weighted by atomic mass is 10.2. The first-order valence-corrected chi connectivity index (χ1v) is 5.91. The molecule has 5 nitrogen and oxygen atoms in total. The van der Waals surface area contributed by atoms with Crippen molar-refractivity contribution >= 4 is 0 Å². The maximum absolute atomic E-state index is 4.40. The van der Waals surface area contributed by atoms with Crippen molar-refractivity contribution < 1.29 is 0 Å². The Bertz CT molecular complexity index is 483. The molecule has 0 amide bonds. The normalized spacial score (nSPS) is 11.0. The highest BCUT2D eigenvalue weighted by Gasteiger charge is 2.06. The second-order valence-electron chi connectivity index (χ2n) is 4.15. The molecular weight excluding hydrogens is 214 g/mol. The monoisotopic (exact) mass is 233 g/mol. The van der Waals surface area contributed by atoms with Gasteiger partial charge in [0.1, 0.15) is 0 Å². The Morgan fingerprint density at radius 3 is 2.76 bits per heavy atom. The average molecular weight is 233 g/mol. The highest BCUT2D eigenvalue weighted by molar-refractivity contribution is 5.17. The zero-order valence-electron chi connectivity index (χ0n) is 10.6. The number of hydrogen-bond acceptors (Lipinski definition) is 3. The van der Waals surface area contributed by atoms with Gasteiger partial charge in [-0.15, -0.1) is 0 Å². The van der Waals surface area contributed by atoms with E-state index >= 15 is 0 Å². The first-order chi connectivity index (χ1) is 8.24. The average Bonchev–Trinajstić information content (AvgIpc) is 2.91. The number of nitrogens with one attached hydrogen (secondary N) is 1. The minimum absolute atomic E-state index is 0.787. The van der Waals surface area contributed by atoms with Gasteiger partial charge < -0.3 is 5.32 Å². The summed E-state index contributed by atoms with van der Waals surface area (Å²) < 4.78 is 3.95. The second-order valence-corrected chi connectivity index (χ2v) is 4.15. The van der Waals surface area contributed by atoms with Gasteiger partial charge in [0.25, 0.3) is 0 Å². The number of aryl methyl sites for hydroxylation is 1. The van der Waals surface area contributed by atoms with Crippen LogP contribution in [0.15, 0.2) is 18.6 Å². The fourth-order valence-corrected chi connectivity index (χ4v) is 1.84. The van der Waals surface area contributed by atoms with Crippen LogP contribution in [0.1, 0.15) is 23.7 Å². The van der Waals surface area contributed by atoms with Gasteiger partial charge in [-0.2, -0.15) is 10.2 Å². The van der Waals surface area contributed by atoms with E-state index in [1.807, 2.05) is 28.8 Å². The standard InChI is InChI=1S/C12H19N5/c1-4-16-8-11(5-14-16)9-17-10(2)12(6-13-3)7-15-17/h5,7-8,13H,4,6,9H2,1-3H3. The molecular formula is C12H19N5. The Morgan fingerprint density at radius 1 is 1.29 bits per heavy atom. The molecule has 92 valence electrons. The fourth-order valence-electron chi connectivity index (χ4n) is 1.84. The molecule has 0 bridgehead atoms. The van der Waals surface area contributed by atoms with Gasteiger partial charge in [-0.25, -0.2) is 0 Å². The lowest BCUT2D eigenvalue weighted by Crippen LogP contribution is -2.08. The highest BCUT2D eigenvalue weighted by atomic mass is 15.3. The number of aromatic nitrogens is 4. The van der Waals surface area contributed by atoms with Gasteiger partial charge in [0, 0.05) is 36.1 Å². The number of nitrogens with zero attached hydrogens (tertiary/aromatic N) is 4. The zero-order chi connectivity index (χ0) is 12.3. The van der Waals surface area contributed by atoms with E-state index in [1.165, 1.54) is 16.8 Å². The summed E-state index contributed by atoms with van der Waals surface area (Å²) in [6.07, 6.45) is 5.90. The maximum atomic E-state index is 4.40. The number of rotatable bonds is 5. The molecule has 0 radical (unpaired) electrons. The van der Waals surface area contributed by atoms with Gasteiger partial charge in [0.15, 0.2) is 0 Å². The van der Waals surface area contributed by atoms with Crippen LogP contribution >= 0.6 is 0 Å². The summed E-state index contributed by atoms with van der Waals surface area (Å²) in [5.74, 6) is 0. The van der Waals surface area contributed by atoms with E-state index in [-0.39, 0.29) is 0 Å². The van der Waals surface area contributed by atoms with Gasteiger partial charge in [-0.1, -0.05) is 0 Å². The molecule has 0 fully saturated rings. The van der Waals surface area contributed by atoms with Crippen molar-refractivity contribution in [3.63, 3.8) is 0 Å². The van der Waals surface area contributed by atoms with Crippen molar-refractivity contribution in [2.24, 2.45) is 0 Å². The number of hydrogen-bond donors (Lipinski definition) is 1. The predicted octanol–water partition coefficient (Wildman–Crippen LogP) is 1.18. The molecule has 0 aromatic carbocycles. The van der Waals surface area contributed by atoms with E-state index < -0.39 is 0 Å². The summed E-state index contributed by atoms with van der Waals surface area (Å²) in [6, 6.07) is 0. The molecule has 0 saturated heterocycles. The van der Waals surface area contributed by atoms with E-state index in [1.54, 1.807) is 0 Å². The minimum atomic E-state index is 0.787. The summed E-state index contributed by atoms with van der Waals surface area (Å²) >= 11 is 0. The van der Waals surface area contributed by atoms with Crippen molar-refractivity contribution in [2.45, 2.75) is 33.5 Å². The van der Waals surface area contributed by atoms with Crippen LogP contribution in [-0.4, -0.2) is 26.6 Å². The van der Waals surface area contributed by atoms with Gasteiger partial charge in [0.2, 0.25) is 0 Å². The molecule has 2 aromatic rings. The molecule has 2 aromatic heterocycles. The lowest BCUT2D eigenvalue weighted by molar-refractivity contribution is 0.648. The van der Waals surface area contributed by atoms with E-state index in [2.05, 4.69) is 35.6 Å². The van der Waals surface area contributed by atoms with E-state index in [4.69, 9.17) is 0 Å². The van der Waals surface area contributed by atoms with Crippen molar-refractivity contribution in [1.29, 1.82) is 0 Å². The van der Waals surface area contributed by atoms with E-state index in [0.717, 1.165) is 19.6 Å². The molecule has 5 heteroatoms. The van der Waals surface area contributed by atoms with Crippen LogP contribution in [-0.2, 0) is 19.6 Å². The van der Waals surface area contributed by atoms with Crippen molar-refractivity contribution in [2.75, 3.05) is 7.05 Å². The second kappa shape index (κ2) is 5.14. The largest absolute Gasteiger partial charge is 0.316 e. The highest BCUT2D eigenvalue weighted by Crippen LogP contribution is 2.09. The van der Waals surface area contributed by atoms with Crippen molar-refractivity contribution in [3.05, 3.63) is 35.4 Å². The summed E-state index contributed by atoms with van der Waals surface area (Å²) in [7, 11) is 1.95. The molecule has 0 aliphatic carbocycles. The smallest absolute Gasteiger partial charge is 0.0693 e. The molecule has 0 aliphatic rings. The van der Waals surface area contributed by atoms with Gasteiger partial charge >= 0.3 is 0 Å². The first-order valence-electron chi connectivity index (χ1n) is 5.91. The third kappa shape index (κ3) is 2.55. The van der Waals surface area contributed by atoms with Crippen molar-refractivity contribution in [1.82, 2.24) is 24.9 Å². The molecule has 0 saturated carbocycles. The van der Waals surface area contributed by atoms with E-state index in [9.17, 15) is 0 Å². The maximum Gasteiger partial charge on any atom is 0.0693 e. The molecule has 1 N–H and O–H groups in total. The zero-order valence-corrected chi connectivity index (χ0v) is 10.6. The fraction of sp³-hybridized carbons (Fsp3) is 0.500. The van der Waals surface area contributed by atoms with Gasteiger partial charge in [-0.3, -0.25) is 9.36 Å². The van der Waals surface area contributed by atoms with Crippen LogP contribution in [0.2, 0.25) is 0 Å². The Balaban J connectivity index is 2.12. The minimum Gasteiger partial charge on any atom is -0.316 e. The van der Waals surface area contributed by atoms with Crippen LogP contribution in [0.5, 0.6) is 0 Å². The lowest BCUT2D eigenvalue weighted by Gasteiger charge is -2.03. The van der Waals surface area contributed by atoms with Crippen LogP contribution in [0.25, 0.3) is 0 Å². The molecule has 0 aliphatic heterocycles. The Labute approximate surface area is 101 Å². The summed E-state index contributed by atoms with van der Waals surface area (Å²) in [6.45, 7) is 6.74.